The number of nitrogens with zero attached hydrogens (tertiary/aromatic N) is 2. The van der Waals surface area contributed by atoms with Gasteiger partial charge in [0.05, 0.1) is 6.61 Å². The summed E-state index contributed by atoms with van der Waals surface area (Å²) in [7, 11) is 0. The van der Waals surface area contributed by atoms with Crippen molar-refractivity contribution in [3.05, 3.63) is 22.7 Å². The Morgan fingerprint density at radius 1 is 1.50 bits per heavy atom. The topological polar surface area (TPSA) is 189 Å². The molecule has 0 radical (unpaired) electrons. The lowest BCUT2D eigenvalue weighted by molar-refractivity contribution is -0.152. The summed E-state index contributed by atoms with van der Waals surface area (Å²) in [6.07, 6.45) is -4.08. The molecule has 24 heavy (non-hydrogen) atoms. The molecular formula is C12H18N4O8. The number of aromatic nitrogens is 2. The van der Waals surface area contributed by atoms with E-state index in [-0.39, 0.29) is 5.82 Å². The van der Waals surface area contributed by atoms with Gasteiger partial charge in [-0.1, -0.05) is 0 Å². The minimum atomic E-state index is -1.48. The highest BCUT2D eigenvalue weighted by Crippen LogP contribution is 2.28. The van der Waals surface area contributed by atoms with Crippen LogP contribution < -0.4 is 16.9 Å². The highest BCUT2D eigenvalue weighted by Gasteiger charge is 2.44. The zero-order valence-electron chi connectivity index (χ0n) is 12.3. The molecule has 0 amide bonds. The van der Waals surface area contributed by atoms with Crippen LogP contribution >= 0.6 is 0 Å². The molecule has 2 rings (SSSR count). The molecule has 2 heterocycles. The summed E-state index contributed by atoms with van der Waals surface area (Å²) in [5.74, 6) is -1.00. The Balaban J connectivity index is 2.07. The van der Waals surface area contributed by atoms with Crippen molar-refractivity contribution < 1.29 is 34.8 Å². The largest absolute Gasteiger partial charge is 0.462 e. The van der Waals surface area contributed by atoms with Crippen LogP contribution in [-0.2, 0) is 14.3 Å². The molecule has 1 aromatic rings. The first-order valence-electron chi connectivity index (χ1n) is 6.93. The maximum absolute atomic E-state index is 11.8. The summed E-state index contributed by atoms with van der Waals surface area (Å²) in [6.45, 7) is -1.04. The van der Waals surface area contributed by atoms with E-state index in [1.807, 2.05) is 0 Å². The summed E-state index contributed by atoms with van der Waals surface area (Å²) in [6, 6.07) is 0.0203. The number of ether oxygens (including phenoxy) is 2. The minimum Gasteiger partial charge on any atom is -0.462 e. The number of carbonyl (C=O) groups excluding carboxylic acids is 1. The number of esters is 1. The van der Waals surface area contributed by atoms with Crippen molar-refractivity contribution in [2.45, 2.75) is 30.6 Å². The zero-order valence-corrected chi connectivity index (χ0v) is 12.3. The molecular weight excluding hydrogens is 328 g/mol. The molecule has 134 valence electrons. The van der Waals surface area contributed by atoms with Gasteiger partial charge in [-0.05, 0) is 6.07 Å². The molecule has 1 aliphatic heterocycles. The summed E-state index contributed by atoms with van der Waals surface area (Å²) >= 11 is 0. The number of hydrogen-bond acceptors (Lipinski definition) is 11. The molecule has 12 nitrogen and oxygen atoms in total. The molecule has 0 aromatic carbocycles. The van der Waals surface area contributed by atoms with Gasteiger partial charge >= 0.3 is 11.7 Å². The number of hydrogen-bond donors (Lipinski definition) is 6. The molecule has 0 unspecified atom stereocenters. The Hall–Kier alpha value is -2.09. The first-order valence-corrected chi connectivity index (χ1v) is 6.93. The van der Waals surface area contributed by atoms with E-state index in [4.69, 9.17) is 25.5 Å². The lowest BCUT2D eigenvalue weighted by atomic mass is 10.1. The van der Waals surface area contributed by atoms with Crippen molar-refractivity contribution in [1.82, 2.24) is 9.55 Å². The standard InChI is InChI=1S/C12H18N4O8/c13-5(3-17)11(20)23-4-6-8(18)9(19)10(24-6)16-2-1-7(15-22)14-12(16)21/h1-2,5-6,8-10,17-19,22H,3-4,13H2,(H,14,15,21)/t5-,6+,8+,9+,10+/m0/s1. The fourth-order valence-electron chi connectivity index (χ4n) is 2.11. The van der Waals surface area contributed by atoms with Crippen LogP contribution in [-0.4, -0.2) is 73.6 Å². The number of nitrogens with one attached hydrogen (secondary N) is 1. The van der Waals surface area contributed by atoms with Crippen LogP contribution in [0.5, 0.6) is 0 Å². The van der Waals surface area contributed by atoms with E-state index in [0.29, 0.717) is 0 Å². The summed E-state index contributed by atoms with van der Waals surface area (Å²) < 4.78 is 11.0. The van der Waals surface area contributed by atoms with E-state index in [9.17, 15) is 19.8 Å². The highest BCUT2D eigenvalue weighted by molar-refractivity contribution is 5.75. The first-order chi connectivity index (χ1) is 11.4. The monoisotopic (exact) mass is 346 g/mol. The molecule has 0 aliphatic carbocycles. The quantitative estimate of drug-likeness (QED) is 0.221. The van der Waals surface area contributed by atoms with Gasteiger partial charge in [0.1, 0.15) is 31.0 Å². The number of aliphatic hydroxyl groups is 3. The summed E-state index contributed by atoms with van der Waals surface area (Å²) in [4.78, 5) is 26.7. The second-order valence-corrected chi connectivity index (χ2v) is 5.08. The molecule has 0 spiro atoms. The van der Waals surface area contributed by atoms with Crippen LogP contribution in [0.3, 0.4) is 0 Å². The van der Waals surface area contributed by atoms with E-state index in [2.05, 4.69) is 4.98 Å². The number of nitrogens with two attached hydrogens (primary N) is 1. The Kier molecular flexibility index (Phi) is 5.82. The fourth-order valence-corrected chi connectivity index (χ4v) is 2.11. The van der Waals surface area contributed by atoms with Crippen LogP contribution in [0, 0.1) is 0 Å². The van der Waals surface area contributed by atoms with Gasteiger partial charge in [0.15, 0.2) is 12.0 Å². The lowest BCUT2D eigenvalue weighted by Crippen LogP contribution is -2.39. The van der Waals surface area contributed by atoms with Crippen LogP contribution in [0.25, 0.3) is 0 Å². The minimum absolute atomic E-state index is 0.104. The molecule has 1 aliphatic rings. The first kappa shape index (κ1) is 18.3. The maximum Gasteiger partial charge on any atom is 0.351 e. The van der Waals surface area contributed by atoms with E-state index in [1.165, 1.54) is 12.3 Å². The molecule has 1 saturated heterocycles. The van der Waals surface area contributed by atoms with Crippen molar-refractivity contribution >= 4 is 11.8 Å². The predicted octanol–water partition coefficient (Wildman–Crippen LogP) is -3.47. The van der Waals surface area contributed by atoms with Crippen molar-refractivity contribution in [3.63, 3.8) is 0 Å². The summed E-state index contributed by atoms with van der Waals surface area (Å²) in [5, 5.41) is 37.4. The maximum atomic E-state index is 11.8. The van der Waals surface area contributed by atoms with E-state index >= 15 is 0 Å². The molecule has 7 N–H and O–H groups in total. The zero-order chi connectivity index (χ0) is 17.9. The van der Waals surface area contributed by atoms with Crippen LogP contribution in [0.15, 0.2) is 17.1 Å². The van der Waals surface area contributed by atoms with Crippen molar-refractivity contribution in [3.8, 4) is 0 Å². The number of carbonyl (C=O) groups is 1. The van der Waals surface area contributed by atoms with Crippen LogP contribution in [0.1, 0.15) is 6.23 Å². The molecule has 5 atom stereocenters. The number of anilines is 1. The van der Waals surface area contributed by atoms with Gasteiger partial charge in [0.2, 0.25) is 0 Å². The SMILES string of the molecule is N[C@@H](CO)C(=O)OC[C@H]1O[C@@H](n2ccc(NO)nc2=O)[C@H](O)[C@@H]1O. The van der Waals surface area contributed by atoms with Crippen LogP contribution in [0.4, 0.5) is 5.82 Å². The molecule has 0 saturated carbocycles. The molecule has 12 heteroatoms. The van der Waals surface area contributed by atoms with Gasteiger partial charge in [0, 0.05) is 6.20 Å². The smallest absolute Gasteiger partial charge is 0.351 e. The van der Waals surface area contributed by atoms with Gasteiger partial charge in [-0.25, -0.2) is 4.79 Å². The molecule has 0 bridgehead atoms. The van der Waals surface area contributed by atoms with Crippen LogP contribution in [0.2, 0.25) is 0 Å². The Morgan fingerprint density at radius 2 is 2.21 bits per heavy atom. The average Bonchev–Trinajstić information content (AvgIpc) is 2.86. The van der Waals surface area contributed by atoms with Gasteiger partial charge in [-0.15, -0.1) is 0 Å². The van der Waals surface area contributed by atoms with Gasteiger partial charge in [-0.2, -0.15) is 4.98 Å². The summed E-state index contributed by atoms with van der Waals surface area (Å²) in [5.41, 5.74) is 6.13. The lowest BCUT2D eigenvalue weighted by Gasteiger charge is -2.17. The third-order valence-corrected chi connectivity index (χ3v) is 3.45. The Bertz CT molecular complexity index is 638. The second kappa shape index (κ2) is 7.65. The number of aliphatic hydroxyl groups excluding tert-OH is 3. The molecule has 1 aromatic heterocycles. The third kappa shape index (κ3) is 3.69. The van der Waals surface area contributed by atoms with Gasteiger partial charge < -0.3 is 30.5 Å². The Morgan fingerprint density at radius 3 is 2.79 bits per heavy atom. The van der Waals surface area contributed by atoms with Crippen molar-refractivity contribution in [2.75, 3.05) is 18.7 Å². The van der Waals surface area contributed by atoms with E-state index in [1.54, 1.807) is 5.48 Å². The number of rotatable bonds is 6. The van der Waals surface area contributed by atoms with E-state index in [0.717, 1.165) is 4.57 Å². The highest BCUT2D eigenvalue weighted by atomic mass is 16.6. The molecule has 1 fully saturated rings. The predicted molar refractivity (Wildman–Crippen MR) is 75.9 cm³/mol. The third-order valence-electron chi connectivity index (χ3n) is 3.45. The Labute approximate surface area is 135 Å². The van der Waals surface area contributed by atoms with E-state index < -0.39 is 55.5 Å². The van der Waals surface area contributed by atoms with Gasteiger partial charge in [-0.3, -0.25) is 20.0 Å². The average molecular weight is 346 g/mol. The fraction of sp³-hybridized carbons (Fsp3) is 0.583. The van der Waals surface area contributed by atoms with Crippen molar-refractivity contribution in [1.29, 1.82) is 0 Å². The van der Waals surface area contributed by atoms with Gasteiger partial charge in [0.25, 0.3) is 0 Å². The second-order valence-electron chi connectivity index (χ2n) is 5.08. The van der Waals surface area contributed by atoms with Crippen molar-refractivity contribution in [2.24, 2.45) is 5.73 Å². The normalized spacial score (nSPS) is 27.7.